The molecule has 2 unspecified atom stereocenters. The molecule has 0 aromatic carbocycles. The van der Waals surface area contributed by atoms with E-state index in [0.717, 1.165) is 17.8 Å². The van der Waals surface area contributed by atoms with Gasteiger partial charge in [-0.1, -0.05) is 0 Å². The second-order valence-corrected chi connectivity index (χ2v) is 5.94. The number of amides is 1. The van der Waals surface area contributed by atoms with E-state index in [1.807, 2.05) is 0 Å². The maximum absolute atomic E-state index is 11.9. The molecule has 0 radical (unpaired) electrons. The van der Waals surface area contributed by atoms with E-state index >= 15 is 0 Å². The zero-order chi connectivity index (χ0) is 13.0. The Morgan fingerprint density at radius 1 is 1.67 bits per heavy atom. The Bertz CT molecular complexity index is 446. The van der Waals surface area contributed by atoms with Gasteiger partial charge in [-0.3, -0.25) is 14.3 Å². The maximum Gasteiger partial charge on any atom is 0.237 e. The third-order valence-corrected chi connectivity index (χ3v) is 3.82. The van der Waals surface area contributed by atoms with Gasteiger partial charge in [0.05, 0.1) is 23.8 Å². The summed E-state index contributed by atoms with van der Waals surface area (Å²) in [5.41, 5.74) is 2.02. The minimum absolute atomic E-state index is 0.00876. The molecule has 1 aromatic heterocycles. The van der Waals surface area contributed by atoms with Crippen LogP contribution in [0.5, 0.6) is 0 Å². The van der Waals surface area contributed by atoms with Crippen LogP contribution in [0.25, 0.3) is 0 Å². The number of fused-ring (bicyclic) bond motifs is 1. The van der Waals surface area contributed by atoms with E-state index in [1.165, 1.54) is 0 Å². The number of nitrogens with zero attached hydrogens (tertiary/aromatic N) is 1. The van der Waals surface area contributed by atoms with Gasteiger partial charge in [0.15, 0.2) is 0 Å². The van der Waals surface area contributed by atoms with Crippen LogP contribution in [0.3, 0.4) is 0 Å². The highest BCUT2D eigenvalue weighted by Crippen LogP contribution is 2.11. The van der Waals surface area contributed by atoms with Gasteiger partial charge >= 0.3 is 0 Å². The number of carbonyl (C=O) groups is 1. The standard InChI is InChI=1S/C11H18N4O2S/c1-18(17)4-2-3-12-11(16)9-5-8-10(6-13-9)15-7-14-8/h7,9,13H,2-6H2,1H3,(H,12,16)(H,14,15). The molecule has 0 aliphatic carbocycles. The van der Waals surface area contributed by atoms with Crippen LogP contribution >= 0.6 is 0 Å². The Labute approximate surface area is 108 Å². The molecular weight excluding hydrogens is 252 g/mol. The smallest absolute Gasteiger partial charge is 0.237 e. The van der Waals surface area contributed by atoms with Crippen molar-refractivity contribution in [3.8, 4) is 0 Å². The molecule has 1 aromatic rings. The number of nitrogens with one attached hydrogen (secondary N) is 3. The van der Waals surface area contributed by atoms with Crippen LogP contribution in [0.2, 0.25) is 0 Å². The van der Waals surface area contributed by atoms with Crippen LogP contribution < -0.4 is 10.6 Å². The molecule has 6 nitrogen and oxygen atoms in total. The van der Waals surface area contributed by atoms with Gasteiger partial charge in [-0.15, -0.1) is 0 Å². The average Bonchev–Trinajstić information content (AvgIpc) is 2.81. The Morgan fingerprint density at radius 2 is 2.50 bits per heavy atom. The summed E-state index contributed by atoms with van der Waals surface area (Å²) in [6.45, 7) is 1.22. The number of rotatable bonds is 5. The second kappa shape index (κ2) is 6.10. The van der Waals surface area contributed by atoms with Crippen molar-refractivity contribution in [2.45, 2.75) is 25.4 Å². The monoisotopic (exact) mass is 270 g/mol. The van der Waals surface area contributed by atoms with Crippen molar-refractivity contribution in [3.05, 3.63) is 17.7 Å². The number of H-pyrrole nitrogens is 1. The number of aromatic nitrogens is 2. The first-order valence-electron chi connectivity index (χ1n) is 5.99. The van der Waals surface area contributed by atoms with Crippen molar-refractivity contribution in [1.29, 1.82) is 0 Å². The lowest BCUT2D eigenvalue weighted by atomic mass is 10.0. The highest BCUT2D eigenvalue weighted by molar-refractivity contribution is 7.84. The molecule has 3 N–H and O–H groups in total. The largest absolute Gasteiger partial charge is 0.355 e. The van der Waals surface area contributed by atoms with Crippen LogP contribution in [-0.4, -0.2) is 44.7 Å². The van der Waals surface area contributed by atoms with Gasteiger partial charge in [0.25, 0.3) is 0 Å². The number of imidazole rings is 1. The van der Waals surface area contributed by atoms with Gasteiger partial charge in [-0.05, 0) is 6.42 Å². The SMILES string of the molecule is CS(=O)CCCNC(=O)C1Cc2nc[nH]c2CN1. The molecule has 1 aliphatic rings. The summed E-state index contributed by atoms with van der Waals surface area (Å²) in [6, 6.07) is -0.215. The summed E-state index contributed by atoms with van der Waals surface area (Å²) < 4.78 is 10.9. The minimum atomic E-state index is -0.790. The summed E-state index contributed by atoms with van der Waals surface area (Å²) in [4.78, 5) is 19.1. The number of carbonyl (C=O) groups excluding carboxylic acids is 1. The Morgan fingerprint density at radius 3 is 3.28 bits per heavy atom. The molecule has 2 atom stereocenters. The van der Waals surface area contributed by atoms with Crippen LogP contribution in [0.15, 0.2) is 6.33 Å². The first kappa shape index (κ1) is 13.2. The minimum Gasteiger partial charge on any atom is -0.355 e. The van der Waals surface area contributed by atoms with Crippen LogP contribution in [0, 0.1) is 0 Å². The Hall–Kier alpha value is -1.21. The summed E-state index contributed by atoms with van der Waals surface area (Å²) in [5.74, 6) is 0.618. The third-order valence-electron chi connectivity index (χ3n) is 2.95. The van der Waals surface area contributed by atoms with Crippen molar-refractivity contribution >= 4 is 16.7 Å². The molecule has 18 heavy (non-hydrogen) atoms. The van der Waals surface area contributed by atoms with Gasteiger partial charge < -0.3 is 10.3 Å². The fourth-order valence-electron chi connectivity index (χ4n) is 1.96. The van der Waals surface area contributed by atoms with Gasteiger partial charge in [-0.2, -0.15) is 0 Å². The zero-order valence-corrected chi connectivity index (χ0v) is 11.2. The van der Waals surface area contributed by atoms with Crippen LogP contribution in [0.1, 0.15) is 17.8 Å². The van der Waals surface area contributed by atoms with Crippen molar-refractivity contribution in [3.63, 3.8) is 0 Å². The fraction of sp³-hybridized carbons (Fsp3) is 0.636. The zero-order valence-electron chi connectivity index (χ0n) is 10.4. The predicted molar refractivity (Wildman–Crippen MR) is 69.5 cm³/mol. The van der Waals surface area contributed by atoms with Crippen molar-refractivity contribution in [2.75, 3.05) is 18.6 Å². The number of hydrogen-bond donors (Lipinski definition) is 3. The molecule has 0 spiro atoms. The van der Waals surface area contributed by atoms with E-state index in [2.05, 4.69) is 20.6 Å². The normalized spacial score (nSPS) is 20.2. The molecule has 0 saturated heterocycles. The topological polar surface area (TPSA) is 86.9 Å². The van der Waals surface area contributed by atoms with E-state index in [-0.39, 0.29) is 11.9 Å². The summed E-state index contributed by atoms with van der Waals surface area (Å²) in [6.07, 6.45) is 4.69. The first-order chi connectivity index (χ1) is 8.66. The van der Waals surface area contributed by atoms with E-state index in [4.69, 9.17) is 0 Å². The van der Waals surface area contributed by atoms with Gasteiger partial charge in [0.1, 0.15) is 0 Å². The van der Waals surface area contributed by atoms with E-state index in [0.29, 0.717) is 25.3 Å². The molecule has 1 aliphatic heterocycles. The summed E-state index contributed by atoms with van der Waals surface area (Å²) in [5, 5.41) is 6.02. The van der Waals surface area contributed by atoms with E-state index in [9.17, 15) is 9.00 Å². The highest BCUT2D eigenvalue weighted by Gasteiger charge is 2.25. The second-order valence-electron chi connectivity index (χ2n) is 4.39. The molecule has 0 fully saturated rings. The highest BCUT2D eigenvalue weighted by atomic mass is 32.2. The average molecular weight is 270 g/mol. The Kier molecular flexibility index (Phi) is 4.48. The third kappa shape index (κ3) is 3.39. The van der Waals surface area contributed by atoms with Gasteiger partial charge in [0, 0.05) is 42.3 Å². The van der Waals surface area contributed by atoms with Gasteiger partial charge in [0.2, 0.25) is 5.91 Å². The van der Waals surface area contributed by atoms with E-state index < -0.39 is 10.8 Å². The summed E-state index contributed by atoms with van der Waals surface area (Å²) in [7, 11) is -0.790. The molecule has 0 saturated carbocycles. The molecule has 2 heterocycles. The Balaban J connectivity index is 1.75. The number of aromatic amines is 1. The lowest BCUT2D eigenvalue weighted by Gasteiger charge is -2.22. The summed E-state index contributed by atoms with van der Waals surface area (Å²) >= 11 is 0. The molecule has 2 rings (SSSR count). The van der Waals surface area contributed by atoms with Crippen LogP contribution in [0.4, 0.5) is 0 Å². The molecule has 1 amide bonds. The lowest BCUT2D eigenvalue weighted by molar-refractivity contribution is -0.123. The quantitative estimate of drug-likeness (QED) is 0.618. The van der Waals surface area contributed by atoms with Gasteiger partial charge in [-0.25, -0.2) is 4.98 Å². The molecular formula is C11H18N4O2S. The predicted octanol–water partition coefficient (Wildman–Crippen LogP) is -0.691. The molecule has 0 bridgehead atoms. The fourth-order valence-corrected chi connectivity index (χ4v) is 2.52. The number of hydrogen-bond acceptors (Lipinski definition) is 4. The van der Waals surface area contributed by atoms with E-state index in [1.54, 1.807) is 12.6 Å². The molecule has 100 valence electrons. The first-order valence-corrected chi connectivity index (χ1v) is 7.72. The van der Waals surface area contributed by atoms with Crippen LogP contribution in [-0.2, 0) is 28.6 Å². The van der Waals surface area contributed by atoms with Crippen molar-refractivity contribution < 1.29 is 9.00 Å². The molecule has 7 heteroatoms. The lowest BCUT2D eigenvalue weighted by Crippen LogP contribution is -2.48. The van der Waals surface area contributed by atoms with Crippen molar-refractivity contribution in [2.24, 2.45) is 0 Å². The van der Waals surface area contributed by atoms with Crippen molar-refractivity contribution in [1.82, 2.24) is 20.6 Å². The maximum atomic E-state index is 11.9.